The largest absolute Gasteiger partial charge is 0.279 e. The third kappa shape index (κ3) is 2.84. The molecule has 2 nitrogen and oxygen atoms in total. The van der Waals surface area contributed by atoms with E-state index in [1.807, 2.05) is 42.5 Å². The number of halogens is 1. The van der Waals surface area contributed by atoms with Gasteiger partial charge in [-0.2, -0.15) is 0 Å². The van der Waals surface area contributed by atoms with E-state index in [1.165, 1.54) is 11.8 Å². The van der Waals surface area contributed by atoms with Crippen LogP contribution in [0.5, 0.6) is 0 Å². The molecule has 4 heteroatoms. The van der Waals surface area contributed by atoms with Crippen molar-refractivity contribution in [3.63, 3.8) is 0 Å². The lowest BCUT2D eigenvalue weighted by molar-refractivity contribution is -0.107. The Bertz CT molecular complexity index is 705. The minimum Gasteiger partial charge on any atom is -0.279 e. The van der Waals surface area contributed by atoms with Crippen molar-refractivity contribution >= 4 is 39.6 Å². The molecule has 1 heterocycles. The van der Waals surface area contributed by atoms with Crippen LogP contribution in [0.25, 0.3) is 6.08 Å². The fraction of sp³-hybridized carbons (Fsp3) is 0. The van der Waals surface area contributed by atoms with Crippen molar-refractivity contribution in [3.8, 4) is 0 Å². The molecule has 2 aromatic rings. The number of carbonyl (C=O) groups excluding carboxylic acids is 1. The molecule has 0 fully saturated rings. The molecule has 0 unspecified atom stereocenters. The van der Waals surface area contributed by atoms with Gasteiger partial charge in [0.1, 0.15) is 10.7 Å². The lowest BCUT2D eigenvalue weighted by atomic mass is 10.2. The smallest absolute Gasteiger partial charge is 0.244 e. The van der Waals surface area contributed by atoms with Crippen molar-refractivity contribution in [1.29, 1.82) is 0 Å². The molecule has 0 spiro atoms. The van der Waals surface area contributed by atoms with Crippen LogP contribution < -0.4 is 0 Å². The van der Waals surface area contributed by atoms with Gasteiger partial charge in [-0.1, -0.05) is 54.1 Å². The van der Waals surface area contributed by atoms with Crippen molar-refractivity contribution in [1.82, 2.24) is 0 Å². The van der Waals surface area contributed by atoms with Crippen LogP contribution in [0, 0.1) is 0 Å². The van der Waals surface area contributed by atoms with E-state index in [4.69, 9.17) is 11.6 Å². The van der Waals surface area contributed by atoms with E-state index in [0.717, 1.165) is 16.2 Å². The number of carbonyl (C=O) groups is 1. The first-order chi connectivity index (χ1) is 9.72. The van der Waals surface area contributed by atoms with Crippen molar-refractivity contribution < 1.29 is 4.79 Å². The number of rotatable bonds is 2. The standard InChI is InChI=1S/C16H10ClNOS/c17-13-8-6-11(7-9-13)10-14-16(19)20-15(18-14)12-4-2-1-3-5-12/h1-10H. The van der Waals surface area contributed by atoms with E-state index >= 15 is 0 Å². The molecule has 0 atom stereocenters. The topological polar surface area (TPSA) is 29.4 Å². The summed E-state index contributed by atoms with van der Waals surface area (Å²) in [5, 5.41) is 1.39. The molecule has 2 aromatic carbocycles. The average Bonchev–Trinajstić information content (AvgIpc) is 2.84. The number of hydrogen-bond donors (Lipinski definition) is 0. The van der Waals surface area contributed by atoms with Gasteiger partial charge in [-0.15, -0.1) is 0 Å². The number of aliphatic imine (C=N–C) groups is 1. The Morgan fingerprint density at radius 3 is 2.40 bits per heavy atom. The van der Waals surface area contributed by atoms with Gasteiger partial charge in [-0.05, 0) is 35.5 Å². The third-order valence-electron chi connectivity index (χ3n) is 2.81. The number of benzene rings is 2. The Kier molecular flexibility index (Phi) is 3.72. The van der Waals surface area contributed by atoms with Gasteiger partial charge in [0.2, 0.25) is 5.12 Å². The Balaban J connectivity index is 1.92. The first-order valence-corrected chi connectivity index (χ1v) is 7.25. The summed E-state index contributed by atoms with van der Waals surface area (Å²) in [5.41, 5.74) is 2.35. The van der Waals surface area contributed by atoms with Crippen LogP contribution in [0.4, 0.5) is 0 Å². The van der Waals surface area contributed by atoms with Crippen LogP contribution in [0.15, 0.2) is 65.3 Å². The monoisotopic (exact) mass is 299 g/mol. The Morgan fingerprint density at radius 2 is 1.70 bits per heavy atom. The molecule has 1 aliphatic heterocycles. The van der Waals surface area contributed by atoms with Gasteiger partial charge in [0, 0.05) is 10.6 Å². The molecule has 0 aromatic heterocycles. The van der Waals surface area contributed by atoms with Gasteiger partial charge in [0.15, 0.2) is 0 Å². The summed E-state index contributed by atoms with van der Waals surface area (Å²) in [4.78, 5) is 16.4. The van der Waals surface area contributed by atoms with E-state index in [9.17, 15) is 4.79 Å². The summed E-state index contributed by atoms with van der Waals surface area (Å²) in [6.45, 7) is 0. The Labute approximate surface area is 126 Å². The van der Waals surface area contributed by atoms with Crippen LogP contribution in [-0.2, 0) is 4.79 Å². The zero-order valence-electron chi connectivity index (χ0n) is 10.4. The number of thioether (sulfide) groups is 1. The molecule has 0 radical (unpaired) electrons. The molecule has 0 bridgehead atoms. The second-order valence-corrected chi connectivity index (χ2v) is 5.65. The van der Waals surface area contributed by atoms with Crippen LogP contribution in [0.1, 0.15) is 11.1 Å². The van der Waals surface area contributed by atoms with E-state index in [-0.39, 0.29) is 5.12 Å². The summed E-state index contributed by atoms with van der Waals surface area (Å²) in [7, 11) is 0. The maximum Gasteiger partial charge on any atom is 0.244 e. The van der Waals surface area contributed by atoms with Gasteiger partial charge in [0.25, 0.3) is 0 Å². The van der Waals surface area contributed by atoms with Gasteiger partial charge in [0.05, 0.1) is 0 Å². The molecular weight excluding hydrogens is 290 g/mol. The minimum absolute atomic E-state index is 0.0289. The highest BCUT2D eigenvalue weighted by Gasteiger charge is 2.22. The molecule has 20 heavy (non-hydrogen) atoms. The highest BCUT2D eigenvalue weighted by molar-refractivity contribution is 8.27. The summed E-state index contributed by atoms with van der Waals surface area (Å²) >= 11 is 7.01. The molecule has 3 rings (SSSR count). The van der Waals surface area contributed by atoms with Crippen molar-refractivity contribution in [2.75, 3.05) is 0 Å². The summed E-state index contributed by atoms with van der Waals surface area (Å²) in [6, 6.07) is 17.0. The quantitative estimate of drug-likeness (QED) is 0.769. The number of nitrogens with zero attached hydrogens (tertiary/aromatic N) is 1. The first kappa shape index (κ1) is 13.2. The van der Waals surface area contributed by atoms with Crippen LogP contribution in [0.2, 0.25) is 5.02 Å². The summed E-state index contributed by atoms with van der Waals surface area (Å²) in [6.07, 6.45) is 1.78. The average molecular weight is 300 g/mol. The fourth-order valence-corrected chi connectivity index (χ4v) is 2.74. The van der Waals surface area contributed by atoms with Crippen LogP contribution in [-0.4, -0.2) is 10.2 Å². The second-order valence-electron chi connectivity index (χ2n) is 4.25. The maximum absolute atomic E-state index is 12.0. The molecule has 0 amide bonds. The Morgan fingerprint density at radius 1 is 1.00 bits per heavy atom. The molecule has 0 aliphatic carbocycles. The van der Waals surface area contributed by atoms with E-state index in [1.54, 1.807) is 18.2 Å². The molecule has 0 saturated heterocycles. The third-order valence-corrected chi connectivity index (χ3v) is 3.98. The molecule has 0 saturated carbocycles. The summed E-state index contributed by atoms with van der Waals surface area (Å²) < 4.78 is 0. The van der Waals surface area contributed by atoms with Gasteiger partial charge >= 0.3 is 0 Å². The predicted octanol–water partition coefficient (Wildman–Crippen LogP) is 4.40. The molecule has 98 valence electrons. The zero-order chi connectivity index (χ0) is 13.9. The fourth-order valence-electron chi connectivity index (χ4n) is 1.83. The lowest BCUT2D eigenvalue weighted by Crippen LogP contribution is -1.91. The highest BCUT2D eigenvalue weighted by Crippen LogP contribution is 2.28. The van der Waals surface area contributed by atoms with Gasteiger partial charge < -0.3 is 0 Å². The van der Waals surface area contributed by atoms with Crippen LogP contribution in [0.3, 0.4) is 0 Å². The van der Waals surface area contributed by atoms with Gasteiger partial charge in [-0.3, -0.25) is 4.79 Å². The van der Waals surface area contributed by atoms with Crippen molar-refractivity contribution in [2.45, 2.75) is 0 Å². The van der Waals surface area contributed by atoms with Crippen molar-refractivity contribution in [2.24, 2.45) is 4.99 Å². The molecule has 0 N–H and O–H groups in total. The van der Waals surface area contributed by atoms with E-state index in [0.29, 0.717) is 10.7 Å². The van der Waals surface area contributed by atoms with Crippen molar-refractivity contribution in [3.05, 3.63) is 76.4 Å². The van der Waals surface area contributed by atoms with E-state index < -0.39 is 0 Å². The molecule has 1 aliphatic rings. The number of hydrogen-bond acceptors (Lipinski definition) is 3. The molecular formula is C16H10ClNOS. The minimum atomic E-state index is -0.0289. The first-order valence-electron chi connectivity index (χ1n) is 6.06. The zero-order valence-corrected chi connectivity index (χ0v) is 12.0. The summed E-state index contributed by atoms with van der Waals surface area (Å²) in [5.74, 6) is 0. The normalized spacial score (nSPS) is 16.6. The van der Waals surface area contributed by atoms with E-state index in [2.05, 4.69) is 4.99 Å². The highest BCUT2D eigenvalue weighted by atomic mass is 35.5. The SMILES string of the molecule is O=C1SC(c2ccccc2)=NC1=Cc1ccc(Cl)cc1. The van der Waals surface area contributed by atoms with Gasteiger partial charge in [-0.25, -0.2) is 4.99 Å². The Hall–Kier alpha value is -1.84. The second kappa shape index (κ2) is 5.65. The van der Waals surface area contributed by atoms with Crippen LogP contribution >= 0.6 is 23.4 Å². The maximum atomic E-state index is 12.0. The predicted molar refractivity (Wildman–Crippen MR) is 85.0 cm³/mol. The lowest BCUT2D eigenvalue weighted by Gasteiger charge is -1.95.